The Morgan fingerprint density at radius 1 is 0.164 bits per heavy atom. The van der Waals surface area contributed by atoms with Crippen LogP contribution >= 0.6 is 0 Å². The summed E-state index contributed by atoms with van der Waals surface area (Å²) in [5.41, 5.74) is 27.0. The van der Waals surface area contributed by atoms with Gasteiger partial charge in [0, 0.05) is 54.3 Å². The minimum atomic E-state index is 0.833. The molecule has 4 nitrogen and oxygen atoms in total. The molecule has 0 radical (unpaired) electrons. The molecule has 0 aliphatic carbocycles. The molecule has 4 heterocycles. The molecule has 21 aromatic carbocycles. The Morgan fingerprint density at radius 3 is 1.11 bits per heavy atom. The van der Waals surface area contributed by atoms with Crippen LogP contribution < -0.4 is 0 Å². The standard InChI is InChI=1S/C112H65NO3/c1-2-25-66(26-3-1)106-84-33-8-10-35-86(84)107(87-36-11-9-34-85(87)106)71-59-67-27-4-6-29-75(67)95(62-71)92-46-23-51-103-110(92)97-61-69(54-57-101(97)114-103)77-42-21-48-94-82-56-53-70(64-105(82)116-112(77)94)74-41-20-44-79-78(74)43-22-45-83(79)109-90-39-14-12-37-88(90)108(89-38-13-15-40-91(89)109)72-60-68-28-5-7-30-76(68)96(63-72)93-47-24-52-104-111(93)98-65-73(55-58-102(98)115-104)113-99-49-18-16-31-80(99)81-32-17-19-50-100(81)113/h1-65H. The molecular weight excluding hydrogens is 1410 g/mol. The lowest BCUT2D eigenvalue weighted by Crippen LogP contribution is -1.93. The van der Waals surface area contributed by atoms with Gasteiger partial charge in [0.2, 0.25) is 0 Å². The first kappa shape index (κ1) is 64.3. The SMILES string of the molecule is c1ccc(-c2c3ccccc3c(-c3cc(-c4cccc5oc6ccc(-c7cccc8c7oc7cc(-c9cccc%10c(-c%11c%12ccccc%12c(-c%12cc(-c%13cccc%14oc%15ccc(-n%16c%17ccccc%17c%17ccccc%17%16)cc%15c%13%14)c%13ccccc%13c%12)c%12ccccc%11%12)cccc9%10)ccc78)cc6c45)c4ccccc4c3)c3ccccc23)cc1. The van der Waals surface area contributed by atoms with Gasteiger partial charge in [0.25, 0.3) is 0 Å². The van der Waals surface area contributed by atoms with Crippen LogP contribution in [0.15, 0.2) is 408 Å². The van der Waals surface area contributed by atoms with Gasteiger partial charge >= 0.3 is 0 Å². The summed E-state index contributed by atoms with van der Waals surface area (Å²) in [6.07, 6.45) is 0. The van der Waals surface area contributed by atoms with Crippen LogP contribution in [0.3, 0.4) is 0 Å². The van der Waals surface area contributed by atoms with Crippen LogP contribution in [0.1, 0.15) is 0 Å². The van der Waals surface area contributed by atoms with Crippen LogP contribution in [0.4, 0.5) is 0 Å². The fourth-order valence-corrected chi connectivity index (χ4v) is 20.0. The zero-order valence-corrected chi connectivity index (χ0v) is 62.7. The highest BCUT2D eigenvalue weighted by atomic mass is 16.3. The number of rotatable bonds is 9. The number of fused-ring (bicyclic) bond motifs is 19. The van der Waals surface area contributed by atoms with E-state index in [1.807, 2.05) is 0 Å². The Morgan fingerprint density at radius 2 is 0.560 bits per heavy atom. The summed E-state index contributed by atoms with van der Waals surface area (Å²) in [6.45, 7) is 0. The number of hydrogen-bond donors (Lipinski definition) is 0. The zero-order valence-electron chi connectivity index (χ0n) is 62.7. The Bertz CT molecular complexity index is 8370. The molecule has 0 fully saturated rings. The molecule has 4 heteroatoms. The molecule has 0 spiro atoms. The van der Waals surface area contributed by atoms with Gasteiger partial charge in [-0.2, -0.15) is 0 Å². The van der Waals surface area contributed by atoms with Crippen molar-refractivity contribution in [2.75, 3.05) is 0 Å². The van der Waals surface area contributed by atoms with E-state index < -0.39 is 0 Å². The highest BCUT2D eigenvalue weighted by Gasteiger charge is 2.26. The number of benzene rings is 21. The highest BCUT2D eigenvalue weighted by Crippen LogP contribution is 2.53. The minimum absolute atomic E-state index is 0.833. The second-order valence-corrected chi connectivity index (χ2v) is 31.1. The lowest BCUT2D eigenvalue weighted by molar-refractivity contribution is 0.668. The summed E-state index contributed by atoms with van der Waals surface area (Å²) in [5.74, 6) is 0. The molecule has 0 aliphatic rings. The largest absolute Gasteiger partial charge is 0.456 e. The average molecular weight is 1470 g/mol. The van der Waals surface area contributed by atoms with Crippen LogP contribution in [0.5, 0.6) is 0 Å². The van der Waals surface area contributed by atoms with E-state index in [0.29, 0.717) is 0 Å². The molecule has 0 N–H and O–H groups in total. The first-order valence-corrected chi connectivity index (χ1v) is 39.9. The molecular formula is C112H65NO3. The maximum Gasteiger partial charge on any atom is 0.143 e. The molecule has 25 rings (SSSR count). The van der Waals surface area contributed by atoms with Crippen LogP contribution in [0.2, 0.25) is 0 Å². The highest BCUT2D eigenvalue weighted by molar-refractivity contribution is 6.28. The van der Waals surface area contributed by atoms with Crippen molar-refractivity contribution >= 4 is 163 Å². The fourth-order valence-electron chi connectivity index (χ4n) is 20.0. The molecule has 536 valence electrons. The molecule has 4 aromatic heterocycles. The summed E-state index contributed by atoms with van der Waals surface area (Å²) in [6, 6.07) is 145. The van der Waals surface area contributed by atoms with Gasteiger partial charge in [-0.05, 0) is 250 Å². The third-order valence-corrected chi connectivity index (χ3v) is 24.9. The molecule has 0 unspecified atom stereocenters. The Kier molecular flexibility index (Phi) is 13.9. The lowest BCUT2D eigenvalue weighted by atomic mass is 9.83. The van der Waals surface area contributed by atoms with Crippen molar-refractivity contribution in [1.82, 2.24) is 4.57 Å². The molecule has 0 saturated carbocycles. The van der Waals surface area contributed by atoms with E-state index in [1.165, 1.54) is 136 Å². The molecule has 25 aromatic rings. The predicted octanol–water partition coefficient (Wildman–Crippen LogP) is 31.9. The average Bonchev–Trinajstić information content (AvgIpc) is 1.06. The van der Waals surface area contributed by atoms with Crippen molar-refractivity contribution in [2.45, 2.75) is 0 Å². The number of hydrogen-bond acceptors (Lipinski definition) is 3. The van der Waals surface area contributed by atoms with Crippen molar-refractivity contribution in [3.8, 4) is 94.7 Å². The number of aromatic nitrogens is 1. The summed E-state index contributed by atoms with van der Waals surface area (Å²) in [4.78, 5) is 0. The first-order chi connectivity index (χ1) is 57.5. The summed E-state index contributed by atoms with van der Waals surface area (Å²) < 4.78 is 23.3. The van der Waals surface area contributed by atoms with Gasteiger partial charge in [0.1, 0.15) is 33.5 Å². The number of para-hydroxylation sites is 3. The smallest absolute Gasteiger partial charge is 0.143 e. The third-order valence-electron chi connectivity index (χ3n) is 24.9. The predicted molar refractivity (Wildman–Crippen MR) is 489 cm³/mol. The third kappa shape index (κ3) is 9.56. The topological polar surface area (TPSA) is 44.4 Å². The van der Waals surface area contributed by atoms with Gasteiger partial charge in [-0.15, -0.1) is 0 Å². The van der Waals surface area contributed by atoms with Crippen molar-refractivity contribution in [2.24, 2.45) is 0 Å². The molecule has 0 saturated heterocycles. The van der Waals surface area contributed by atoms with Crippen molar-refractivity contribution in [3.63, 3.8) is 0 Å². The number of nitrogens with zero attached hydrogens (tertiary/aromatic N) is 1. The maximum atomic E-state index is 7.22. The van der Waals surface area contributed by atoms with Crippen molar-refractivity contribution < 1.29 is 13.3 Å². The Balaban J connectivity index is 0.598. The van der Waals surface area contributed by atoms with Crippen molar-refractivity contribution in [1.29, 1.82) is 0 Å². The summed E-state index contributed by atoms with van der Waals surface area (Å²) in [7, 11) is 0. The molecule has 0 atom stereocenters. The van der Waals surface area contributed by atoms with E-state index in [0.717, 1.165) is 122 Å². The van der Waals surface area contributed by atoms with E-state index in [1.54, 1.807) is 0 Å². The van der Waals surface area contributed by atoms with Crippen LogP contribution in [-0.4, -0.2) is 4.57 Å². The fraction of sp³-hybridized carbons (Fsp3) is 0. The molecule has 0 bridgehead atoms. The van der Waals surface area contributed by atoms with E-state index in [4.69, 9.17) is 13.3 Å². The van der Waals surface area contributed by atoms with Gasteiger partial charge in [0.05, 0.1) is 11.0 Å². The summed E-state index contributed by atoms with van der Waals surface area (Å²) in [5, 5.41) is 25.6. The molecule has 116 heavy (non-hydrogen) atoms. The molecule has 0 amide bonds. The van der Waals surface area contributed by atoms with E-state index >= 15 is 0 Å². The van der Waals surface area contributed by atoms with Crippen molar-refractivity contribution in [3.05, 3.63) is 394 Å². The lowest BCUT2D eigenvalue weighted by Gasteiger charge is -2.20. The minimum Gasteiger partial charge on any atom is -0.456 e. The normalized spacial score (nSPS) is 12.1. The van der Waals surface area contributed by atoms with Gasteiger partial charge < -0.3 is 17.8 Å². The quantitative estimate of drug-likeness (QED) is 0.135. The van der Waals surface area contributed by atoms with E-state index in [2.05, 4.69) is 399 Å². The van der Waals surface area contributed by atoms with Gasteiger partial charge in [0.15, 0.2) is 0 Å². The van der Waals surface area contributed by atoms with Gasteiger partial charge in [-0.3, -0.25) is 0 Å². The van der Waals surface area contributed by atoms with E-state index in [9.17, 15) is 0 Å². The summed E-state index contributed by atoms with van der Waals surface area (Å²) >= 11 is 0. The second-order valence-electron chi connectivity index (χ2n) is 31.1. The van der Waals surface area contributed by atoms with E-state index in [-0.39, 0.29) is 0 Å². The van der Waals surface area contributed by atoms with Crippen LogP contribution in [0, 0.1) is 0 Å². The first-order valence-electron chi connectivity index (χ1n) is 39.9. The van der Waals surface area contributed by atoms with Crippen LogP contribution in [0.25, 0.3) is 258 Å². The Labute approximate surface area is 665 Å². The zero-order chi connectivity index (χ0) is 75.8. The second kappa shape index (κ2) is 25.1. The maximum absolute atomic E-state index is 7.22. The van der Waals surface area contributed by atoms with Gasteiger partial charge in [-0.25, -0.2) is 0 Å². The van der Waals surface area contributed by atoms with Crippen LogP contribution in [-0.2, 0) is 0 Å². The Hall–Kier alpha value is -15.4. The monoisotopic (exact) mass is 1470 g/mol. The van der Waals surface area contributed by atoms with Gasteiger partial charge in [-0.1, -0.05) is 303 Å². The number of furan rings is 3. The molecule has 0 aliphatic heterocycles.